The Kier molecular flexibility index (Phi) is 4.51. The van der Waals surface area contributed by atoms with Crippen LogP contribution in [0.15, 0.2) is 48.8 Å². The van der Waals surface area contributed by atoms with Crippen molar-refractivity contribution in [3.05, 3.63) is 60.0 Å². The molecule has 0 saturated heterocycles. The van der Waals surface area contributed by atoms with E-state index in [1.165, 1.54) is 36.4 Å². The van der Waals surface area contributed by atoms with Gasteiger partial charge in [0.2, 0.25) is 0 Å². The number of halogens is 4. The van der Waals surface area contributed by atoms with Crippen molar-refractivity contribution in [2.45, 2.75) is 0 Å². The first kappa shape index (κ1) is 12.2. The lowest BCUT2D eigenvalue weighted by molar-refractivity contribution is 0.422. The molecular weight excluding hydrogens is 220 g/mol. The van der Waals surface area contributed by atoms with Gasteiger partial charge in [-0.1, -0.05) is 36.4 Å². The zero-order valence-corrected chi connectivity index (χ0v) is 8.13. The molecule has 1 aromatic carbocycles. The standard InChI is InChI=1S/C12H8F4/c13-8-11(14)10-6-4-9(5-7-10)2-1-3-12(15)16/h1-8H. The van der Waals surface area contributed by atoms with Crippen molar-refractivity contribution in [3.63, 3.8) is 0 Å². The molecule has 0 heterocycles. The number of allylic oxidation sites excluding steroid dienone is 2. The third kappa shape index (κ3) is 3.73. The molecule has 0 spiro atoms. The summed E-state index contributed by atoms with van der Waals surface area (Å²) < 4.78 is 47.9. The van der Waals surface area contributed by atoms with Crippen LogP contribution < -0.4 is 0 Å². The molecule has 0 saturated carbocycles. The highest BCUT2D eigenvalue weighted by Gasteiger charge is 1.98. The normalized spacial score (nSPS) is 11.9. The highest BCUT2D eigenvalue weighted by atomic mass is 19.3. The lowest BCUT2D eigenvalue weighted by atomic mass is 10.1. The summed E-state index contributed by atoms with van der Waals surface area (Å²) in [5, 5.41) is 0. The summed E-state index contributed by atoms with van der Waals surface area (Å²) in [6, 6.07) is 5.72. The number of benzene rings is 1. The van der Waals surface area contributed by atoms with Crippen molar-refractivity contribution in [2.24, 2.45) is 0 Å². The van der Waals surface area contributed by atoms with E-state index in [1.807, 2.05) is 0 Å². The fraction of sp³-hybridized carbons (Fsp3) is 0. The van der Waals surface area contributed by atoms with Crippen molar-refractivity contribution in [3.8, 4) is 0 Å². The number of hydrogen-bond donors (Lipinski definition) is 0. The van der Waals surface area contributed by atoms with Gasteiger partial charge in [0.05, 0.1) is 0 Å². The van der Waals surface area contributed by atoms with Gasteiger partial charge < -0.3 is 0 Å². The Balaban J connectivity index is 2.80. The molecular formula is C12H8F4. The van der Waals surface area contributed by atoms with Crippen LogP contribution in [0.1, 0.15) is 11.1 Å². The maximum absolute atomic E-state index is 12.7. The summed E-state index contributed by atoms with van der Waals surface area (Å²) >= 11 is 0. The second-order valence-corrected chi connectivity index (χ2v) is 2.89. The smallest absolute Gasteiger partial charge is 0.212 e. The molecule has 0 aliphatic heterocycles. The van der Waals surface area contributed by atoms with Gasteiger partial charge in [0.1, 0.15) is 6.33 Å². The lowest BCUT2D eigenvalue weighted by Crippen LogP contribution is -1.77. The van der Waals surface area contributed by atoms with Crippen LogP contribution in [0.4, 0.5) is 17.6 Å². The predicted molar refractivity (Wildman–Crippen MR) is 56.0 cm³/mol. The van der Waals surface area contributed by atoms with Gasteiger partial charge in [-0.2, -0.15) is 8.78 Å². The molecule has 0 bridgehead atoms. The largest absolute Gasteiger partial charge is 0.270 e. The molecule has 1 rings (SSSR count). The summed E-state index contributed by atoms with van der Waals surface area (Å²) in [5.41, 5.74) is 0.722. The molecule has 0 aliphatic carbocycles. The molecule has 1 aromatic rings. The molecule has 0 aliphatic rings. The molecule has 0 fully saturated rings. The summed E-state index contributed by atoms with van der Waals surface area (Å²) in [6.07, 6.45) is 1.33. The summed E-state index contributed by atoms with van der Waals surface area (Å²) in [4.78, 5) is 0. The minimum Gasteiger partial charge on any atom is -0.212 e. The van der Waals surface area contributed by atoms with Crippen LogP contribution in [-0.2, 0) is 0 Å². The van der Waals surface area contributed by atoms with Gasteiger partial charge in [-0.05, 0) is 5.56 Å². The van der Waals surface area contributed by atoms with E-state index in [4.69, 9.17) is 0 Å². The quantitative estimate of drug-likeness (QED) is 0.518. The minimum atomic E-state index is -1.79. The molecule has 0 atom stereocenters. The highest BCUT2D eigenvalue weighted by Crippen LogP contribution is 2.17. The monoisotopic (exact) mass is 228 g/mol. The second kappa shape index (κ2) is 5.90. The van der Waals surface area contributed by atoms with Gasteiger partial charge in [-0.15, -0.1) is 0 Å². The van der Waals surface area contributed by atoms with Crippen LogP contribution in [0.2, 0.25) is 0 Å². The van der Waals surface area contributed by atoms with Crippen LogP contribution in [0, 0.1) is 0 Å². The number of rotatable bonds is 3. The van der Waals surface area contributed by atoms with Crippen molar-refractivity contribution >= 4 is 11.9 Å². The van der Waals surface area contributed by atoms with E-state index < -0.39 is 11.9 Å². The van der Waals surface area contributed by atoms with Gasteiger partial charge >= 0.3 is 0 Å². The maximum atomic E-state index is 12.7. The SMILES string of the molecule is FC=C(F)c1ccc(C=CC=C(F)F)cc1. The molecule has 0 unspecified atom stereocenters. The van der Waals surface area contributed by atoms with Gasteiger partial charge in [0, 0.05) is 11.6 Å². The Bertz CT molecular complexity index is 423. The zero-order chi connectivity index (χ0) is 12.0. The molecule has 0 radical (unpaired) electrons. The summed E-state index contributed by atoms with van der Waals surface area (Å²) in [6.45, 7) is 0. The van der Waals surface area contributed by atoms with Crippen LogP contribution in [-0.4, -0.2) is 0 Å². The molecule has 16 heavy (non-hydrogen) atoms. The first-order valence-corrected chi connectivity index (χ1v) is 4.39. The van der Waals surface area contributed by atoms with E-state index in [1.54, 1.807) is 0 Å². The van der Waals surface area contributed by atoms with Crippen molar-refractivity contribution in [1.82, 2.24) is 0 Å². The van der Waals surface area contributed by atoms with Crippen LogP contribution in [0.5, 0.6) is 0 Å². The Morgan fingerprint density at radius 3 is 2.12 bits per heavy atom. The first-order chi connectivity index (χ1) is 7.63. The topological polar surface area (TPSA) is 0 Å². The Morgan fingerprint density at radius 2 is 1.62 bits per heavy atom. The van der Waals surface area contributed by atoms with Crippen LogP contribution in [0.3, 0.4) is 0 Å². The molecule has 0 aromatic heterocycles. The van der Waals surface area contributed by atoms with E-state index in [0.29, 0.717) is 11.6 Å². The van der Waals surface area contributed by atoms with E-state index in [-0.39, 0.29) is 11.9 Å². The average molecular weight is 228 g/mol. The van der Waals surface area contributed by atoms with Crippen molar-refractivity contribution in [1.29, 1.82) is 0 Å². The average Bonchev–Trinajstić information content (AvgIpc) is 2.28. The third-order valence-corrected chi connectivity index (χ3v) is 1.79. The second-order valence-electron chi connectivity index (χ2n) is 2.89. The lowest BCUT2D eigenvalue weighted by Gasteiger charge is -1.96. The van der Waals surface area contributed by atoms with Gasteiger partial charge in [-0.25, -0.2) is 8.78 Å². The fourth-order valence-electron chi connectivity index (χ4n) is 1.05. The fourth-order valence-corrected chi connectivity index (χ4v) is 1.05. The third-order valence-electron chi connectivity index (χ3n) is 1.79. The van der Waals surface area contributed by atoms with E-state index in [2.05, 4.69) is 0 Å². The van der Waals surface area contributed by atoms with E-state index in [9.17, 15) is 17.6 Å². The molecule has 0 amide bonds. The Morgan fingerprint density at radius 1 is 1.00 bits per heavy atom. The maximum Gasteiger partial charge on any atom is 0.270 e. The Labute approximate surface area is 90.2 Å². The molecule has 0 nitrogen and oxygen atoms in total. The van der Waals surface area contributed by atoms with Gasteiger partial charge in [0.25, 0.3) is 6.08 Å². The van der Waals surface area contributed by atoms with Crippen LogP contribution in [0.25, 0.3) is 11.9 Å². The Hall–Kier alpha value is -1.84. The zero-order valence-electron chi connectivity index (χ0n) is 8.13. The van der Waals surface area contributed by atoms with Crippen LogP contribution >= 0.6 is 0 Å². The highest BCUT2D eigenvalue weighted by molar-refractivity contribution is 5.61. The summed E-state index contributed by atoms with van der Waals surface area (Å²) in [7, 11) is 0. The van der Waals surface area contributed by atoms with E-state index in [0.717, 1.165) is 0 Å². The first-order valence-electron chi connectivity index (χ1n) is 4.39. The predicted octanol–water partition coefficient (Wildman–Crippen LogP) is 4.72. The van der Waals surface area contributed by atoms with E-state index >= 15 is 0 Å². The summed E-state index contributed by atoms with van der Waals surface area (Å²) in [5.74, 6) is -0.967. The number of hydrogen-bond acceptors (Lipinski definition) is 0. The van der Waals surface area contributed by atoms with Gasteiger partial charge in [0.15, 0.2) is 5.83 Å². The molecule has 4 heteroatoms. The van der Waals surface area contributed by atoms with Gasteiger partial charge in [-0.3, -0.25) is 0 Å². The molecule has 84 valence electrons. The van der Waals surface area contributed by atoms with Crippen molar-refractivity contribution in [2.75, 3.05) is 0 Å². The van der Waals surface area contributed by atoms with Crippen molar-refractivity contribution < 1.29 is 17.6 Å². The molecule has 0 N–H and O–H groups in total. The minimum absolute atomic E-state index is 0.104.